The maximum Gasteiger partial charge on any atom is 0.362 e. The van der Waals surface area contributed by atoms with Crippen LogP contribution in [0.4, 0.5) is 0 Å². The van der Waals surface area contributed by atoms with Crippen LogP contribution in [0.5, 0.6) is 0 Å². The summed E-state index contributed by atoms with van der Waals surface area (Å²) in [7, 11) is 0.963. The van der Waals surface area contributed by atoms with Crippen LogP contribution in [0.3, 0.4) is 0 Å². The van der Waals surface area contributed by atoms with E-state index in [1.165, 1.54) is 57.8 Å². The first-order chi connectivity index (χ1) is 14.5. The monoisotopic (exact) mass is 460 g/mol. The van der Waals surface area contributed by atoms with Crippen LogP contribution in [0, 0.1) is 0 Å². The summed E-state index contributed by atoms with van der Waals surface area (Å²) in [5.41, 5.74) is 0. The number of aliphatic hydroxyl groups is 1. The normalized spacial score (nSPS) is 15.2. The van der Waals surface area contributed by atoms with Crippen LogP contribution >= 0.6 is 7.60 Å². The van der Waals surface area contributed by atoms with Crippen molar-refractivity contribution < 1.29 is 23.9 Å². The first-order valence-corrected chi connectivity index (χ1v) is 14.0. The maximum absolute atomic E-state index is 11.8. The van der Waals surface area contributed by atoms with Gasteiger partial charge in [-0.3, -0.25) is 4.57 Å². The SMILES string of the molecule is CCC/C=C\CCCC/C=C\CCCCCCCCCC(O)(C[N+](C)(C)C)P(=O)(O)O. The van der Waals surface area contributed by atoms with E-state index in [-0.39, 0.29) is 13.0 Å². The average molecular weight is 461 g/mol. The Bertz CT molecular complexity index is 536. The zero-order chi connectivity index (χ0) is 23.6. The molecule has 0 saturated carbocycles. The predicted molar refractivity (Wildman–Crippen MR) is 133 cm³/mol. The standard InChI is InChI=1S/C25H50NO4P/c1-5-6-7-8-9-10-11-12-13-14-15-16-17-18-19-20-21-22-23-25(27,31(28,29)30)24-26(2,3)4/h7-8,13-14,27H,5-6,9-12,15-24H2,1-4H3,(H-,28,29,30)/p+1/b8-7-,14-13-. The van der Waals surface area contributed by atoms with Gasteiger partial charge in [0.25, 0.3) is 0 Å². The van der Waals surface area contributed by atoms with Crippen molar-refractivity contribution in [2.45, 2.75) is 109 Å². The fourth-order valence-corrected chi connectivity index (χ4v) is 4.85. The molecule has 31 heavy (non-hydrogen) atoms. The second kappa shape index (κ2) is 17.1. The van der Waals surface area contributed by atoms with E-state index in [1.807, 2.05) is 21.1 Å². The lowest BCUT2D eigenvalue weighted by Crippen LogP contribution is -2.49. The van der Waals surface area contributed by atoms with E-state index in [4.69, 9.17) is 0 Å². The molecule has 0 spiro atoms. The Morgan fingerprint density at radius 3 is 1.52 bits per heavy atom. The third-order valence-corrected chi connectivity index (χ3v) is 6.95. The Hall–Kier alpha value is -0.450. The summed E-state index contributed by atoms with van der Waals surface area (Å²) in [4.78, 5) is 19.2. The van der Waals surface area contributed by atoms with E-state index in [1.54, 1.807) is 0 Å². The molecule has 0 fully saturated rings. The molecule has 0 bridgehead atoms. The summed E-state index contributed by atoms with van der Waals surface area (Å²) in [6, 6.07) is 0. The molecular weight excluding hydrogens is 409 g/mol. The second-order valence-corrected chi connectivity index (χ2v) is 11.9. The highest BCUT2D eigenvalue weighted by atomic mass is 31.2. The van der Waals surface area contributed by atoms with E-state index in [2.05, 4.69) is 31.2 Å². The van der Waals surface area contributed by atoms with Gasteiger partial charge in [0.1, 0.15) is 6.54 Å². The minimum Gasteiger partial charge on any atom is -0.373 e. The molecule has 0 radical (unpaired) electrons. The van der Waals surface area contributed by atoms with Crippen LogP contribution in [-0.4, -0.2) is 52.4 Å². The third-order valence-electron chi connectivity index (χ3n) is 5.50. The number of nitrogens with zero attached hydrogens (tertiary/aromatic N) is 1. The van der Waals surface area contributed by atoms with Crippen molar-refractivity contribution in [1.82, 2.24) is 0 Å². The minimum atomic E-state index is -4.55. The van der Waals surface area contributed by atoms with Gasteiger partial charge in [0.2, 0.25) is 5.34 Å². The van der Waals surface area contributed by atoms with Gasteiger partial charge in [-0.1, -0.05) is 69.8 Å². The summed E-state index contributed by atoms with van der Waals surface area (Å²) < 4.78 is 12.1. The Morgan fingerprint density at radius 2 is 1.10 bits per heavy atom. The molecule has 5 nitrogen and oxygen atoms in total. The number of quaternary nitrogens is 1. The number of unbranched alkanes of at least 4 members (excludes halogenated alkanes) is 11. The highest BCUT2D eigenvalue weighted by molar-refractivity contribution is 7.53. The molecule has 0 aromatic carbocycles. The molecule has 1 unspecified atom stereocenters. The van der Waals surface area contributed by atoms with Crippen LogP contribution in [0.25, 0.3) is 0 Å². The van der Waals surface area contributed by atoms with E-state index in [9.17, 15) is 19.5 Å². The number of likely N-dealkylation sites (N-methyl/N-ethyl adjacent to an activating group) is 1. The van der Waals surface area contributed by atoms with Gasteiger partial charge in [-0.2, -0.15) is 0 Å². The van der Waals surface area contributed by atoms with Crippen molar-refractivity contribution in [3.8, 4) is 0 Å². The molecule has 0 aliphatic carbocycles. The van der Waals surface area contributed by atoms with Gasteiger partial charge in [-0.05, 0) is 57.8 Å². The van der Waals surface area contributed by atoms with Crippen LogP contribution < -0.4 is 0 Å². The fraction of sp³-hybridized carbons (Fsp3) is 0.840. The molecule has 0 saturated heterocycles. The van der Waals surface area contributed by atoms with Crippen molar-refractivity contribution >= 4 is 7.60 Å². The zero-order valence-corrected chi connectivity index (χ0v) is 21.7. The molecule has 0 aromatic heterocycles. The number of allylic oxidation sites excluding steroid dienone is 4. The Labute approximate surface area is 192 Å². The maximum atomic E-state index is 11.8. The molecule has 1 atom stereocenters. The number of rotatable bonds is 20. The van der Waals surface area contributed by atoms with E-state index in [0.717, 1.165) is 25.7 Å². The Morgan fingerprint density at radius 1 is 0.710 bits per heavy atom. The molecule has 3 N–H and O–H groups in total. The van der Waals surface area contributed by atoms with Gasteiger partial charge in [0, 0.05) is 0 Å². The van der Waals surface area contributed by atoms with E-state index < -0.39 is 12.9 Å². The van der Waals surface area contributed by atoms with E-state index in [0.29, 0.717) is 10.9 Å². The summed E-state index contributed by atoms with van der Waals surface area (Å²) >= 11 is 0. The van der Waals surface area contributed by atoms with Crippen molar-refractivity contribution in [2.24, 2.45) is 0 Å². The van der Waals surface area contributed by atoms with Crippen molar-refractivity contribution in [3.05, 3.63) is 24.3 Å². The topological polar surface area (TPSA) is 77.8 Å². The summed E-state index contributed by atoms with van der Waals surface area (Å²) in [5.74, 6) is 0. The molecule has 0 aromatic rings. The number of hydrogen-bond donors (Lipinski definition) is 3. The first-order valence-electron chi connectivity index (χ1n) is 12.4. The Balaban J connectivity index is 3.67. The summed E-state index contributed by atoms with van der Waals surface area (Å²) in [6.45, 7) is 2.27. The van der Waals surface area contributed by atoms with Crippen molar-refractivity contribution in [1.29, 1.82) is 0 Å². The lowest BCUT2D eigenvalue weighted by molar-refractivity contribution is -0.875. The van der Waals surface area contributed by atoms with E-state index >= 15 is 0 Å². The quantitative estimate of drug-likeness (QED) is 0.0834. The molecule has 0 rings (SSSR count). The average Bonchev–Trinajstić information content (AvgIpc) is 2.65. The van der Waals surface area contributed by atoms with Crippen LogP contribution in [0.2, 0.25) is 0 Å². The highest BCUT2D eigenvalue weighted by Crippen LogP contribution is 2.52. The smallest absolute Gasteiger partial charge is 0.362 e. The molecule has 6 heteroatoms. The van der Waals surface area contributed by atoms with Crippen LogP contribution in [-0.2, 0) is 4.57 Å². The van der Waals surface area contributed by atoms with Gasteiger partial charge >= 0.3 is 7.60 Å². The lowest BCUT2D eigenvalue weighted by Gasteiger charge is -2.35. The zero-order valence-electron chi connectivity index (χ0n) is 20.8. The molecule has 0 heterocycles. The summed E-state index contributed by atoms with van der Waals surface area (Å²) in [6.07, 6.45) is 25.4. The molecule has 184 valence electrons. The van der Waals surface area contributed by atoms with Crippen LogP contribution in [0.1, 0.15) is 103 Å². The Kier molecular flexibility index (Phi) is 16.8. The van der Waals surface area contributed by atoms with Gasteiger partial charge < -0.3 is 19.4 Å². The highest BCUT2D eigenvalue weighted by Gasteiger charge is 2.48. The second-order valence-electron chi connectivity index (χ2n) is 10.0. The minimum absolute atomic E-state index is 0.0564. The number of hydrogen-bond acceptors (Lipinski definition) is 2. The lowest BCUT2D eigenvalue weighted by atomic mass is 10.0. The van der Waals surface area contributed by atoms with Crippen molar-refractivity contribution in [3.63, 3.8) is 0 Å². The van der Waals surface area contributed by atoms with Gasteiger partial charge in [0.05, 0.1) is 21.1 Å². The predicted octanol–water partition coefficient (Wildman–Crippen LogP) is 6.54. The summed E-state index contributed by atoms with van der Waals surface area (Å²) in [5, 5.41) is 8.62. The van der Waals surface area contributed by atoms with Crippen molar-refractivity contribution in [2.75, 3.05) is 27.7 Å². The molecule has 0 amide bonds. The van der Waals surface area contributed by atoms with Crippen LogP contribution in [0.15, 0.2) is 24.3 Å². The third kappa shape index (κ3) is 17.7. The van der Waals surface area contributed by atoms with Gasteiger partial charge in [-0.15, -0.1) is 0 Å². The van der Waals surface area contributed by atoms with Gasteiger partial charge in [-0.25, -0.2) is 0 Å². The fourth-order valence-electron chi connectivity index (χ4n) is 3.79. The largest absolute Gasteiger partial charge is 0.373 e. The molecular formula is C25H51NO4P+. The molecule has 0 aliphatic rings. The molecule has 0 aliphatic heterocycles. The van der Waals surface area contributed by atoms with Gasteiger partial charge in [0.15, 0.2) is 0 Å². The first kappa shape index (κ1) is 30.6.